The summed E-state index contributed by atoms with van der Waals surface area (Å²) in [5.41, 5.74) is 0.898. The molecule has 0 unspecified atom stereocenters. The van der Waals surface area contributed by atoms with E-state index in [9.17, 15) is 4.79 Å². The molecule has 0 fully saturated rings. The van der Waals surface area contributed by atoms with Crippen molar-refractivity contribution in [3.05, 3.63) is 23.8 Å². The number of allylic oxidation sites excluding steroid dienone is 3. The fraction of sp³-hybridized carbons (Fsp3) is 0.375. The lowest BCUT2D eigenvalue weighted by Crippen LogP contribution is -1.94. The van der Waals surface area contributed by atoms with E-state index in [1.54, 1.807) is 0 Å². The maximum atomic E-state index is 10.6. The Hall–Kier alpha value is -1.05. The van der Waals surface area contributed by atoms with Crippen molar-refractivity contribution in [3.8, 4) is 0 Å². The van der Waals surface area contributed by atoms with Crippen molar-refractivity contribution in [2.24, 2.45) is 0 Å². The molecule has 2 nitrogen and oxygen atoms in total. The van der Waals surface area contributed by atoms with Gasteiger partial charge in [0.2, 0.25) is 0 Å². The number of rotatable bonds is 2. The molecule has 0 aliphatic rings. The van der Waals surface area contributed by atoms with Gasteiger partial charge in [-0.25, -0.2) is 4.79 Å². The summed E-state index contributed by atoms with van der Waals surface area (Å²) in [5.74, 6) is -0.310. The zero-order valence-corrected chi connectivity index (χ0v) is 6.55. The summed E-state index contributed by atoms with van der Waals surface area (Å²) in [5, 5.41) is 0. The normalized spacial score (nSPS) is 12.1. The van der Waals surface area contributed by atoms with Crippen LogP contribution in [0.15, 0.2) is 23.8 Å². The van der Waals surface area contributed by atoms with Crippen LogP contribution >= 0.6 is 0 Å². The van der Waals surface area contributed by atoms with Crippen molar-refractivity contribution >= 4 is 5.97 Å². The number of esters is 1. The standard InChI is InChI=1S/C8H12O2/c1-4-5-7(2)6-8(9)10-3/h4-6H,1-3H3/b5-4+,7-6-. The van der Waals surface area contributed by atoms with Crippen molar-refractivity contribution in [2.75, 3.05) is 7.11 Å². The van der Waals surface area contributed by atoms with Crippen molar-refractivity contribution in [2.45, 2.75) is 13.8 Å². The van der Waals surface area contributed by atoms with Crippen LogP contribution in [-0.2, 0) is 9.53 Å². The molecule has 0 aromatic rings. The maximum absolute atomic E-state index is 10.6. The summed E-state index contributed by atoms with van der Waals surface area (Å²) in [4.78, 5) is 10.6. The summed E-state index contributed by atoms with van der Waals surface area (Å²) >= 11 is 0. The molecule has 2 heteroatoms. The number of methoxy groups -OCH3 is 1. The van der Waals surface area contributed by atoms with Crippen LogP contribution < -0.4 is 0 Å². The number of hydrogen-bond acceptors (Lipinski definition) is 2. The van der Waals surface area contributed by atoms with Gasteiger partial charge >= 0.3 is 5.97 Å². The predicted molar refractivity (Wildman–Crippen MR) is 40.6 cm³/mol. The van der Waals surface area contributed by atoms with E-state index in [1.807, 2.05) is 26.0 Å². The van der Waals surface area contributed by atoms with Crippen LogP contribution in [0.5, 0.6) is 0 Å². The largest absolute Gasteiger partial charge is 0.466 e. The maximum Gasteiger partial charge on any atom is 0.330 e. The molecule has 0 spiro atoms. The fourth-order valence-electron chi connectivity index (χ4n) is 0.556. The lowest BCUT2D eigenvalue weighted by Gasteiger charge is -1.91. The van der Waals surface area contributed by atoms with Crippen molar-refractivity contribution in [3.63, 3.8) is 0 Å². The van der Waals surface area contributed by atoms with Crippen LogP contribution in [0.2, 0.25) is 0 Å². The third kappa shape index (κ3) is 3.89. The van der Waals surface area contributed by atoms with E-state index >= 15 is 0 Å². The average molecular weight is 140 g/mol. The quantitative estimate of drug-likeness (QED) is 0.331. The molecule has 0 bridgehead atoms. The van der Waals surface area contributed by atoms with Gasteiger partial charge in [0, 0.05) is 6.08 Å². The highest BCUT2D eigenvalue weighted by Gasteiger charge is 1.91. The van der Waals surface area contributed by atoms with Gasteiger partial charge < -0.3 is 4.74 Å². The topological polar surface area (TPSA) is 26.3 Å². The lowest BCUT2D eigenvalue weighted by atomic mass is 10.2. The van der Waals surface area contributed by atoms with Crippen LogP contribution in [0.3, 0.4) is 0 Å². The van der Waals surface area contributed by atoms with Gasteiger partial charge in [-0.1, -0.05) is 12.2 Å². The Morgan fingerprint density at radius 3 is 2.50 bits per heavy atom. The third-order valence-corrected chi connectivity index (χ3v) is 0.976. The minimum absolute atomic E-state index is 0.310. The molecule has 0 aliphatic carbocycles. The number of hydrogen-bond donors (Lipinski definition) is 0. The van der Waals surface area contributed by atoms with Crippen molar-refractivity contribution < 1.29 is 9.53 Å². The van der Waals surface area contributed by atoms with Crippen molar-refractivity contribution in [1.29, 1.82) is 0 Å². The van der Waals surface area contributed by atoms with E-state index in [4.69, 9.17) is 0 Å². The first-order valence-electron chi connectivity index (χ1n) is 3.09. The Kier molecular flexibility index (Phi) is 4.29. The molecule has 0 aromatic carbocycles. The first-order valence-corrected chi connectivity index (χ1v) is 3.09. The molecule has 0 aliphatic heterocycles. The second-order valence-electron chi connectivity index (χ2n) is 1.91. The molecule has 0 radical (unpaired) electrons. The molecule has 0 saturated heterocycles. The zero-order valence-electron chi connectivity index (χ0n) is 6.55. The molecule has 0 N–H and O–H groups in total. The van der Waals surface area contributed by atoms with Crippen molar-refractivity contribution in [1.82, 2.24) is 0 Å². The highest BCUT2D eigenvalue weighted by molar-refractivity contribution is 5.83. The van der Waals surface area contributed by atoms with E-state index < -0.39 is 0 Å². The van der Waals surface area contributed by atoms with E-state index in [0.29, 0.717) is 0 Å². The Balaban J connectivity index is 4.02. The minimum atomic E-state index is -0.310. The second-order valence-corrected chi connectivity index (χ2v) is 1.91. The Morgan fingerprint density at radius 2 is 2.10 bits per heavy atom. The van der Waals surface area contributed by atoms with Crippen LogP contribution in [0.1, 0.15) is 13.8 Å². The highest BCUT2D eigenvalue weighted by atomic mass is 16.5. The second kappa shape index (κ2) is 4.79. The van der Waals surface area contributed by atoms with Gasteiger partial charge in [0.15, 0.2) is 0 Å². The molecule has 0 heterocycles. The number of ether oxygens (including phenoxy) is 1. The minimum Gasteiger partial charge on any atom is -0.466 e. The average Bonchev–Trinajstić information content (AvgIpc) is 1.88. The molecule has 10 heavy (non-hydrogen) atoms. The molecule has 0 rings (SSSR count). The van der Waals surface area contributed by atoms with Gasteiger partial charge in [-0.15, -0.1) is 0 Å². The molecular weight excluding hydrogens is 128 g/mol. The number of carbonyl (C=O) groups excluding carboxylic acids is 1. The van der Waals surface area contributed by atoms with Gasteiger partial charge in [-0.3, -0.25) is 0 Å². The van der Waals surface area contributed by atoms with Gasteiger partial charge in [0.25, 0.3) is 0 Å². The molecule has 0 aromatic heterocycles. The summed E-state index contributed by atoms with van der Waals surface area (Å²) in [7, 11) is 1.36. The summed E-state index contributed by atoms with van der Waals surface area (Å²) < 4.78 is 4.42. The highest BCUT2D eigenvalue weighted by Crippen LogP contribution is 1.94. The fourth-order valence-corrected chi connectivity index (χ4v) is 0.556. The lowest BCUT2D eigenvalue weighted by molar-refractivity contribution is -0.134. The van der Waals surface area contributed by atoms with Crippen LogP contribution in [-0.4, -0.2) is 13.1 Å². The van der Waals surface area contributed by atoms with Gasteiger partial charge in [-0.05, 0) is 19.4 Å². The van der Waals surface area contributed by atoms with Crippen LogP contribution in [0, 0.1) is 0 Å². The summed E-state index contributed by atoms with van der Waals surface area (Å²) in [6.45, 7) is 3.74. The Morgan fingerprint density at radius 1 is 1.50 bits per heavy atom. The van der Waals surface area contributed by atoms with E-state index in [-0.39, 0.29) is 5.97 Å². The van der Waals surface area contributed by atoms with E-state index in [2.05, 4.69) is 4.74 Å². The molecule has 0 atom stereocenters. The number of carbonyl (C=O) groups is 1. The molecular formula is C8H12O2. The molecule has 0 saturated carbocycles. The third-order valence-electron chi connectivity index (χ3n) is 0.976. The first kappa shape index (κ1) is 8.95. The zero-order chi connectivity index (χ0) is 7.98. The molecule has 56 valence electrons. The predicted octanol–water partition coefficient (Wildman–Crippen LogP) is 1.68. The smallest absolute Gasteiger partial charge is 0.330 e. The Bertz CT molecular complexity index is 166. The van der Waals surface area contributed by atoms with Gasteiger partial charge in [0.05, 0.1) is 7.11 Å². The summed E-state index contributed by atoms with van der Waals surface area (Å²) in [6.07, 6.45) is 5.16. The SMILES string of the molecule is C/C=C/C(C)=C\C(=O)OC. The van der Waals surface area contributed by atoms with Gasteiger partial charge in [-0.2, -0.15) is 0 Å². The molecule has 0 amide bonds. The van der Waals surface area contributed by atoms with Gasteiger partial charge in [0.1, 0.15) is 0 Å². The monoisotopic (exact) mass is 140 g/mol. The van der Waals surface area contributed by atoms with E-state index in [1.165, 1.54) is 13.2 Å². The van der Waals surface area contributed by atoms with Crippen LogP contribution in [0.4, 0.5) is 0 Å². The Labute approximate surface area is 61.2 Å². The van der Waals surface area contributed by atoms with Crippen LogP contribution in [0.25, 0.3) is 0 Å². The van der Waals surface area contributed by atoms with E-state index in [0.717, 1.165) is 5.57 Å². The summed E-state index contributed by atoms with van der Waals surface area (Å²) in [6, 6.07) is 0. The first-order chi connectivity index (χ1) is 4.70.